The number of thioether (sulfide) groups is 1. The zero-order valence-corrected chi connectivity index (χ0v) is 18.3. The van der Waals surface area contributed by atoms with Crippen molar-refractivity contribution >= 4 is 23.6 Å². The standard InChI is InChI=1S/C23H20N4O4S/c1-29-18-13-19(30-2)26-22(25-18)24-17(28)14-32-23-27-20(15-9-5-3-6-10-15)21(31-23)16-11-7-4-8-12-16/h3-13H,14H2,1-2H3,(H,24,25,26,28). The van der Waals surface area contributed by atoms with Gasteiger partial charge in [-0.2, -0.15) is 9.97 Å². The van der Waals surface area contributed by atoms with Crippen LogP contribution >= 0.6 is 11.8 Å². The number of hydrogen-bond acceptors (Lipinski definition) is 8. The van der Waals surface area contributed by atoms with Crippen molar-refractivity contribution in [3.05, 3.63) is 66.7 Å². The molecule has 0 bridgehead atoms. The fraction of sp³-hybridized carbons (Fsp3) is 0.130. The lowest BCUT2D eigenvalue weighted by Crippen LogP contribution is -2.16. The Hall–Kier alpha value is -3.85. The van der Waals surface area contributed by atoms with Crippen molar-refractivity contribution in [3.8, 4) is 34.3 Å². The number of carbonyl (C=O) groups excluding carboxylic acids is 1. The molecule has 0 saturated carbocycles. The van der Waals surface area contributed by atoms with Crippen LogP contribution in [0, 0.1) is 0 Å². The van der Waals surface area contributed by atoms with Crippen LogP contribution in [0.3, 0.4) is 0 Å². The van der Waals surface area contributed by atoms with Crippen LogP contribution in [0.25, 0.3) is 22.6 Å². The molecular formula is C23H20N4O4S. The number of aromatic nitrogens is 3. The first-order valence-corrected chi connectivity index (χ1v) is 10.7. The van der Waals surface area contributed by atoms with Gasteiger partial charge in [0.15, 0.2) is 5.76 Å². The third-order valence-electron chi connectivity index (χ3n) is 4.37. The Morgan fingerprint density at radius 2 is 1.50 bits per heavy atom. The summed E-state index contributed by atoms with van der Waals surface area (Å²) in [7, 11) is 2.95. The van der Waals surface area contributed by atoms with Crippen LogP contribution in [-0.2, 0) is 4.79 Å². The zero-order chi connectivity index (χ0) is 22.3. The van der Waals surface area contributed by atoms with E-state index in [4.69, 9.17) is 13.9 Å². The Morgan fingerprint density at radius 1 is 0.906 bits per heavy atom. The molecule has 0 radical (unpaired) electrons. The number of hydrogen-bond donors (Lipinski definition) is 1. The van der Waals surface area contributed by atoms with E-state index in [0.29, 0.717) is 11.0 Å². The number of carbonyl (C=O) groups is 1. The number of methoxy groups -OCH3 is 2. The minimum Gasteiger partial charge on any atom is -0.481 e. The summed E-state index contributed by atoms with van der Waals surface area (Å²) in [5.41, 5.74) is 2.57. The van der Waals surface area contributed by atoms with Crippen LogP contribution in [0.5, 0.6) is 11.8 Å². The van der Waals surface area contributed by atoms with Gasteiger partial charge in [0.25, 0.3) is 5.22 Å². The Morgan fingerprint density at radius 3 is 2.09 bits per heavy atom. The van der Waals surface area contributed by atoms with Crippen molar-refractivity contribution in [2.45, 2.75) is 5.22 Å². The van der Waals surface area contributed by atoms with Crippen LogP contribution in [0.4, 0.5) is 5.95 Å². The van der Waals surface area contributed by atoms with Crippen molar-refractivity contribution in [1.82, 2.24) is 15.0 Å². The van der Waals surface area contributed by atoms with Gasteiger partial charge in [0.2, 0.25) is 23.6 Å². The van der Waals surface area contributed by atoms with Crippen molar-refractivity contribution in [1.29, 1.82) is 0 Å². The number of anilines is 1. The predicted octanol–water partition coefficient (Wildman–Crippen LogP) is 4.55. The van der Waals surface area contributed by atoms with Crippen LogP contribution < -0.4 is 14.8 Å². The molecule has 0 spiro atoms. The molecule has 8 nitrogen and oxygen atoms in total. The molecule has 0 aliphatic rings. The first-order chi connectivity index (χ1) is 15.7. The summed E-state index contributed by atoms with van der Waals surface area (Å²) in [5, 5.41) is 3.03. The van der Waals surface area contributed by atoms with Gasteiger partial charge in [0, 0.05) is 11.1 Å². The highest BCUT2D eigenvalue weighted by Gasteiger charge is 2.18. The minimum absolute atomic E-state index is 0.0614. The van der Waals surface area contributed by atoms with Gasteiger partial charge < -0.3 is 13.9 Å². The van der Waals surface area contributed by atoms with Crippen LogP contribution in [-0.4, -0.2) is 40.8 Å². The Bertz CT molecular complexity index is 1120. The molecule has 4 aromatic rings. The maximum Gasteiger partial charge on any atom is 0.257 e. The van der Waals surface area contributed by atoms with Crippen molar-refractivity contribution < 1.29 is 18.7 Å². The third kappa shape index (κ3) is 5.06. The molecule has 0 atom stereocenters. The highest BCUT2D eigenvalue weighted by Crippen LogP contribution is 2.35. The van der Waals surface area contributed by atoms with E-state index < -0.39 is 0 Å². The molecule has 0 aliphatic heterocycles. The van der Waals surface area contributed by atoms with Gasteiger partial charge in [0.1, 0.15) is 5.69 Å². The van der Waals surface area contributed by atoms with Gasteiger partial charge in [-0.15, -0.1) is 0 Å². The Labute approximate surface area is 189 Å². The summed E-state index contributed by atoms with van der Waals surface area (Å²) in [6.07, 6.45) is 0. The maximum absolute atomic E-state index is 12.5. The molecule has 2 aromatic heterocycles. The van der Waals surface area contributed by atoms with Crippen LogP contribution in [0.2, 0.25) is 0 Å². The summed E-state index contributed by atoms with van der Waals surface area (Å²) < 4.78 is 16.2. The van der Waals surface area contributed by atoms with Crippen molar-refractivity contribution in [2.24, 2.45) is 0 Å². The van der Waals surface area contributed by atoms with E-state index in [0.717, 1.165) is 16.8 Å². The molecule has 2 heterocycles. The van der Waals surface area contributed by atoms with Crippen molar-refractivity contribution in [2.75, 3.05) is 25.3 Å². The van der Waals surface area contributed by atoms with E-state index >= 15 is 0 Å². The summed E-state index contributed by atoms with van der Waals surface area (Å²) in [5.74, 6) is 1.06. The highest BCUT2D eigenvalue weighted by atomic mass is 32.2. The lowest BCUT2D eigenvalue weighted by molar-refractivity contribution is -0.113. The molecule has 4 rings (SSSR count). The van der Waals surface area contributed by atoms with Crippen LogP contribution in [0.15, 0.2) is 76.4 Å². The topological polar surface area (TPSA) is 99.4 Å². The largest absolute Gasteiger partial charge is 0.481 e. The maximum atomic E-state index is 12.5. The smallest absolute Gasteiger partial charge is 0.257 e. The van der Waals surface area contributed by atoms with Gasteiger partial charge in [-0.25, -0.2) is 4.98 Å². The molecule has 32 heavy (non-hydrogen) atoms. The molecular weight excluding hydrogens is 428 g/mol. The second kappa shape index (κ2) is 9.97. The number of oxazole rings is 1. The third-order valence-corrected chi connectivity index (χ3v) is 5.19. The first-order valence-electron chi connectivity index (χ1n) is 9.67. The molecule has 0 unspecified atom stereocenters. The van der Waals surface area contributed by atoms with E-state index in [1.807, 2.05) is 60.7 Å². The number of nitrogens with one attached hydrogen (secondary N) is 1. The summed E-state index contributed by atoms with van der Waals surface area (Å²) >= 11 is 1.18. The van der Waals surface area contributed by atoms with Crippen molar-refractivity contribution in [3.63, 3.8) is 0 Å². The molecule has 1 amide bonds. The summed E-state index contributed by atoms with van der Waals surface area (Å²) in [6, 6.07) is 21.0. The number of rotatable bonds is 8. The zero-order valence-electron chi connectivity index (χ0n) is 17.4. The summed E-state index contributed by atoms with van der Waals surface area (Å²) in [4.78, 5) is 25.3. The Balaban J connectivity index is 1.51. The van der Waals surface area contributed by atoms with Gasteiger partial charge in [-0.3, -0.25) is 10.1 Å². The number of nitrogens with zero attached hydrogens (tertiary/aromatic N) is 3. The predicted molar refractivity (Wildman–Crippen MR) is 122 cm³/mol. The molecule has 9 heteroatoms. The number of amides is 1. The number of benzene rings is 2. The van der Waals surface area contributed by atoms with E-state index in [1.165, 1.54) is 32.0 Å². The molecule has 2 aromatic carbocycles. The fourth-order valence-corrected chi connectivity index (χ4v) is 3.52. The SMILES string of the molecule is COc1cc(OC)nc(NC(=O)CSc2nc(-c3ccccc3)c(-c3ccccc3)o2)n1. The second-order valence-corrected chi connectivity index (χ2v) is 7.43. The lowest BCUT2D eigenvalue weighted by atomic mass is 10.1. The van der Waals surface area contributed by atoms with Gasteiger partial charge >= 0.3 is 0 Å². The molecule has 0 fully saturated rings. The van der Waals surface area contributed by atoms with Gasteiger partial charge in [-0.1, -0.05) is 72.4 Å². The number of ether oxygens (including phenoxy) is 2. The average Bonchev–Trinajstić information content (AvgIpc) is 3.28. The van der Waals surface area contributed by atoms with Gasteiger partial charge in [0.05, 0.1) is 26.0 Å². The van der Waals surface area contributed by atoms with Gasteiger partial charge in [-0.05, 0) is 0 Å². The normalized spacial score (nSPS) is 10.6. The lowest BCUT2D eigenvalue weighted by Gasteiger charge is -2.07. The van der Waals surface area contributed by atoms with Crippen LogP contribution in [0.1, 0.15) is 0 Å². The second-order valence-electron chi connectivity index (χ2n) is 6.50. The quantitative estimate of drug-likeness (QED) is 0.392. The Kier molecular flexibility index (Phi) is 6.66. The van der Waals surface area contributed by atoms with E-state index in [-0.39, 0.29) is 29.4 Å². The minimum atomic E-state index is -0.314. The monoisotopic (exact) mass is 448 g/mol. The first kappa shape index (κ1) is 21.4. The average molecular weight is 449 g/mol. The molecule has 0 saturated heterocycles. The molecule has 0 aliphatic carbocycles. The summed E-state index contributed by atoms with van der Waals surface area (Å²) in [6.45, 7) is 0. The highest BCUT2D eigenvalue weighted by molar-refractivity contribution is 7.99. The van der Waals surface area contributed by atoms with E-state index in [2.05, 4.69) is 20.3 Å². The molecule has 1 N–H and O–H groups in total. The van der Waals surface area contributed by atoms with E-state index in [1.54, 1.807) is 0 Å². The van der Waals surface area contributed by atoms with E-state index in [9.17, 15) is 4.79 Å². The fourth-order valence-electron chi connectivity index (χ4n) is 2.90. The molecule has 162 valence electrons.